The molecule has 7 heteroatoms. The van der Waals surface area contributed by atoms with Crippen LogP contribution in [0.3, 0.4) is 0 Å². The van der Waals surface area contributed by atoms with E-state index in [1.807, 2.05) is 30.3 Å². The number of hydrogen-bond acceptors (Lipinski definition) is 5. The van der Waals surface area contributed by atoms with Gasteiger partial charge in [-0.25, -0.2) is 0 Å². The van der Waals surface area contributed by atoms with E-state index in [1.165, 1.54) is 25.3 Å². The lowest BCUT2D eigenvalue weighted by molar-refractivity contribution is 0.0809. The highest BCUT2D eigenvalue weighted by atomic mass is 19.1. The number of aliphatic hydroxyl groups is 1. The zero-order valence-electron chi connectivity index (χ0n) is 23.5. The molecule has 40 heavy (non-hydrogen) atoms. The SMILES string of the molecule is C[C@H]1C[C@@H]1COc1cc(C(=O)N[C@@H](Cc2ccccc2)[C@H](O)CNC2(C#CCC3CC3)CCCCC2)cc(F)n1. The van der Waals surface area contributed by atoms with Crippen LogP contribution < -0.4 is 15.4 Å². The monoisotopic (exact) mass is 547 g/mol. The number of nitrogens with one attached hydrogen (secondary N) is 2. The van der Waals surface area contributed by atoms with Crippen molar-refractivity contribution in [2.45, 2.75) is 88.8 Å². The van der Waals surface area contributed by atoms with Gasteiger partial charge in [0.1, 0.15) is 0 Å². The number of benzene rings is 1. The topological polar surface area (TPSA) is 83.5 Å². The van der Waals surface area contributed by atoms with Gasteiger partial charge in [0.15, 0.2) is 0 Å². The van der Waals surface area contributed by atoms with Crippen molar-refractivity contribution in [1.29, 1.82) is 0 Å². The van der Waals surface area contributed by atoms with Crippen molar-refractivity contribution >= 4 is 5.91 Å². The predicted molar refractivity (Wildman–Crippen MR) is 153 cm³/mol. The first-order chi connectivity index (χ1) is 19.4. The van der Waals surface area contributed by atoms with Gasteiger partial charge in [0.05, 0.1) is 24.3 Å². The molecule has 0 unspecified atom stereocenters. The second-order valence-corrected chi connectivity index (χ2v) is 12.1. The van der Waals surface area contributed by atoms with Crippen molar-refractivity contribution in [3.8, 4) is 17.7 Å². The van der Waals surface area contributed by atoms with Gasteiger partial charge in [0.25, 0.3) is 5.91 Å². The Labute approximate surface area is 237 Å². The minimum atomic E-state index is -0.869. The Bertz CT molecular complexity index is 1200. The van der Waals surface area contributed by atoms with E-state index in [4.69, 9.17) is 4.74 Å². The van der Waals surface area contributed by atoms with Crippen molar-refractivity contribution < 1.29 is 19.0 Å². The Morgan fingerprint density at radius 1 is 1.20 bits per heavy atom. The maximum absolute atomic E-state index is 14.3. The number of rotatable bonds is 12. The summed E-state index contributed by atoms with van der Waals surface area (Å²) in [4.78, 5) is 17.1. The van der Waals surface area contributed by atoms with Crippen molar-refractivity contribution in [2.75, 3.05) is 13.2 Å². The molecule has 0 spiro atoms. The third-order valence-corrected chi connectivity index (χ3v) is 8.61. The van der Waals surface area contributed by atoms with Crippen LogP contribution >= 0.6 is 0 Å². The van der Waals surface area contributed by atoms with E-state index >= 15 is 0 Å². The number of amides is 1. The Morgan fingerprint density at radius 2 is 1.95 bits per heavy atom. The summed E-state index contributed by atoms with van der Waals surface area (Å²) in [5, 5.41) is 18.0. The molecule has 4 atom stereocenters. The van der Waals surface area contributed by atoms with Gasteiger partial charge in [-0.3, -0.25) is 10.1 Å². The zero-order chi connectivity index (χ0) is 28.0. The molecule has 0 saturated heterocycles. The first-order valence-electron chi connectivity index (χ1n) is 15.0. The molecule has 3 saturated carbocycles. The number of pyridine rings is 1. The zero-order valence-corrected chi connectivity index (χ0v) is 23.5. The summed E-state index contributed by atoms with van der Waals surface area (Å²) in [6.07, 6.45) is 9.53. The Morgan fingerprint density at radius 3 is 2.65 bits per heavy atom. The fourth-order valence-electron chi connectivity index (χ4n) is 5.53. The van der Waals surface area contributed by atoms with Crippen molar-refractivity contribution in [3.05, 3.63) is 59.5 Å². The molecule has 3 N–H and O–H groups in total. The normalized spacial score (nSPS) is 22.9. The second kappa shape index (κ2) is 13.1. The number of aromatic nitrogens is 1. The largest absolute Gasteiger partial charge is 0.477 e. The summed E-state index contributed by atoms with van der Waals surface area (Å²) in [7, 11) is 0. The molecule has 3 fully saturated rings. The van der Waals surface area contributed by atoms with Crippen LogP contribution in [0.25, 0.3) is 0 Å². The van der Waals surface area contributed by atoms with Gasteiger partial charge in [-0.1, -0.05) is 62.4 Å². The Kier molecular flexibility index (Phi) is 9.39. The average molecular weight is 548 g/mol. The van der Waals surface area contributed by atoms with E-state index in [2.05, 4.69) is 34.4 Å². The minimum absolute atomic E-state index is 0.107. The van der Waals surface area contributed by atoms with Crippen LogP contribution in [0.4, 0.5) is 4.39 Å². The summed E-state index contributed by atoms with van der Waals surface area (Å²) in [6.45, 7) is 2.91. The van der Waals surface area contributed by atoms with E-state index in [-0.39, 0.29) is 17.0 Å². The van der Waals surface area contributed by atoms with Crippen LogP contribution in [0.15, 0.2) is 42.5 Å². The maximum Gasteiger partial charge on any atom is 0.251 e. The molecule has 3 aliphatic carbocycles. The van der Waals surface area contributed by atoms with Crippen molar-refractivity contribution in [2.24, 2.45) is 17.8 Å². The van der Waals surface area contributed by atoms with Gasteiger partial charge in [0.2, 0.25) is 11.8 Å². The highest BCUT2D eigenvalue weighted by Gasteiger charge is 2.34. The molecule has 0 radical (unpaired) electrons. The fraction of sp³-hybridized carbons (Fsp3) is 0.576. The van der Waals surface area contributed by atoms with Gasteiger partial charge in [-0.2, -0.15) is 9.37 Å². The Hall–Kier alpha value is -2.95. The van der Waals surface area contributed by atoms with E-state index in [9.17, 15) is 14.3 Å². The number of ether oxygens (including phenoxy) is 1. The average Bonchev–Trinajstić information content (AvgIpc) is 3.89. The van der Waals surface area contributed by atoms with Gasteiger partial charge in [-0.05, 0) is 61.8 Å². The summed E-state index contributed by atoms with van der Waals surface area (Å²) in [6, 6.07) is 11.8. The maximum atomic E-state index is 14.3. The highest BCUT2D eigenvalue weighted by Crippen LogP contribution is 2.37. The number of carbonyl (C=O) groups is 1. The molecule has 214 valence electrons. The van der Waals surface area contributed by atoms with Crippen molar-refractivity contribution in [1.82, 2.24) is 15.6 Å². The summed E-state index contributed by atoms with van der Waals surface area (Å²) >= 11 is 0. The predicted octanol–water partition coefficient (Wildman–Crippen LogP) is 5.05. The molecule has 0 bridgehead atoms. The smallest absolute Gasteiger partial charge is 0.251 e. The number of β-amino-alcohol motifs (C(OH)–C–C–N with tert-alkyl or cyclic N) is 1. The van der Waals surface area contributed by atoms with Crippen LogP contribution in [0, 0.1) is 35.5 Å². The highest BCUT2D eigenvalue weighted by molar-refractivity contribution is 5.94. The van der Waals surface area contributed by atoms with Crippen molar-refractivity contribution in [3.63, 3.8) is 0 Å². The lowest BCUT2D eigenvalue weighted by atomic mass is 9.81. The lowest BCUT2D eigenvalue weighted by Crippen LogP contribution is -2.54. The van der Waals surface area contributed by atoms with Crippen LogP contribution in [-0.2, 0) is 6.42 Å². The fourth-order valence-corrected chi connectivity index (χ4v) is 5.53. The van der Waals surface area contributed by atoms with E-state index in [1.54, 1.807) is 0 Å². The number of aliphatic hydroxyl groups excluding tert-OH is 1. The molecule has 0 aliphatic heterocycles. The molecular weight excluding hydrogens is 505 g/mol. The number of hydrogen-bond donors (Lipinski definition) is 3. The van der Waals surface area contributed by atoms with Gasteiger partial charge in [-0.15, -0.1) is 5.92 Å². The molecular formula is C33H42FN3O3. The van der Waals surface area contributed by atoms with Gasteiger partial charge in [0, 0.05) is 30.7 Å². The molecule has 5 rings (SSSR count). The van der Waals surface area contributed by atoms with E-state index < -0.39 is 24.0 Å². The number of halogens is 1. The number of nitrogens with zero attached hydrogens (tertiary/aromatic N) is 1. The molecule has 1 aromatic carbocycles. The summed E-state index contributed by atoms with van der Waals surface area (Å²) in [5.74, 6) is 7.63. The molecule has 1 amide bonds. The first-order valence-corrected chi connectivity index (χ1v) is 15.0. The third-order valence-electron chi connectivity index (χ3n) is 8.61. The van der Waals surface area contributed by atoms with Gasteiger partial charge >= 0.3 is 0 Å². The van der Waals surface area contributed by atoms with Crippen LogP contribution in [0.2, 0.25) is 0 Å². The quantitative estimate of drug-likeness (QED) is 0.256. The van der Waals surface area contributed by atoms with Crippen LogP contribution in [-0.4, -0.2) is 46.8 Å². The molecule has 1 aromatic heterocycles. The lowest BCUT2D eigenvalue weighted by Gasteiger charge is -2.35. The minimum Gasteiger partial charge on any atom is -0.477 e. The summed E-state index contributed by atoms with van der Waals surface area (Å²) < 4.78 is 20.0. The van der Waals surface area contributed by atoms with Crippen LogP contribution in [0.5, 0.6) is 5.88 Å². The van der Waals surface area contributed by atoms with Gasteiger partial charge < -0.3 is 15.2 Å². The van der Waals surface area contributed by atoms with E-state index in [0.717, 1.165) is 56.1 Å². The molecule has 6 nitrogen and oxygen atoms in total. The summed E-state index contributed by atoms with van der Waals surface area (Å²) in [5.41, 5.74) is 0.820. The second-order valence-electron chi connectivity index (χ2n) is 12.1. The number of carbonyl (C=O) groups excluding carboxylic acids is 1. The molecule has 2 aromatic rings. The van der Waals surface area contributed by atoms with E-state index in [0.29, 0.717) is 31.4 Å². The molecule has 1 heterocycles. The third kappa shape index (κ3) is 8.28. The first kappa shape index (κ1) is 28.6. The molecule has 3 aliphatic rings. The standard InChI is InChI=1S/C33H42FN3O3/c1-23-17-27(23)22-40-31-20-26(19-30(34)37-31)32(39)36-28(18-25-9-4-2-5-10-25)29(38)21-35-33(14-6-3-7-15-33)16-8-11-24-12-13-24/h2,4-5,9-10,19-20,23-24,27-29,35,38H,3,6-7,11-15,17-18,21-22H2,1H3,(H,36,39)/t23-,27+,28-,29+/m0/s1. The van der Waals surface area contributed by atoms with Crippen LogP contribution in [0.1, 0.15) is 80.6 Å². The Balaban J connectivity index is 1.27.